The van der Waals surface area contributed by atoms with E-state index in [1.165, 1.54) is 35.7 Å². The molecule has 0 bridgehead atoms. The summed E-state index contributed by atoms with van der Waals surface area (Å²) in [5.41, 5.74) is 0.169. The lowest BCUT2D eigenvalue weighted by Gasteiger charge is -2.19. The van der Waals surface area contributed by atoms with Crippen molar-refractivity contribution in [3.63, 3.8) is 0 Å². The Morgan fingerprint density at radius 2 is 2.10 bits per heavy atom. The fourth-order valence-corrected chi connectivity index (χ4v) is 3.53. The number of sulfonamides is 1. The molecule has 0 aromatic heterocycles. The van der Waals surface area contributed by atoms with Crippen molar-refractivity contribution < 1.29 is 22.7 Å². The van der Waals surface area contributed by atoms with E-state index in [9.17, 15) is 18.0 Å². The zero-order chi connectivity index (χ0) is 15.5. The summed E-state index contributed by atoms with van der Waals surface area (Å²) in [5, 5.41) is 2.62. The summed E-state index contributed by atoms with van der Waals surface area (Å²) < 4.78 is 30.9. The number of carbonyl (C=O) groups excluding carboxylic acids is 2. The van der Waals surface area contributed by atoms with E-state index in [1.54, 1.807) is 0 Å². The van der Waals surface area contributed by atoms with Gasteiger partial charge in [0, 0.05) is 26.1 Å². The molecule has 7 nitrogen and oxygen atoms in total. The van der Waals surface area contributed by atoms with Crippen LogP contribution in [-0.2, 0) is 19.6 Å². The van der Waals surface area contributed by atoms with E-state index in [-0.39, 0.29) is 42.4 Å². The summed E-state index contributed by atoms with van der Waals surface area (Å²) >= 11 is 0. The van der Waals surface area contributed by atoms with Gasteiger partial charge in [0.1, 0.15) is 0 Å². The Morgan fingerprint density at radius 3 is 2.81 bits per heavy atom. The molecule has 1 aliphatic rings. The van der Waals surface area contributed by atoms with Crippen LogP contribution in [-0.4, -0.2) is 51.3 Å². The summed E-state index contributed by atoms with van der Waals surface area (Å²) in [6.07, 6.45) is 0.121. The third kappa shape index (κ3) is 3.40. The molecule has 0 aliphatic carbocycles. The van der Waals surface area contributed by atoms with Crippen LogP contribution in [0.15, 0.2) is 29.2 Å². The Balaban J connectivity index is 2.30. The maximum absolute atomic E-state index is 12.5. The monoisotopic (exact) mass is 312 g/mol. The van der Waals surface area contributed by atoms with Crippen LogP contribution in [0.4, 0.5) is 0 Å². The standard InChI is InChI=1S/C13H16N2O5S/c1-20-13(17)10-3-2-4-11(9-10)21(18,19)15-7-5-12(16)14-6-8-15/h2-4,9H,5-8H2,1H3,(H,14,16). The molecule has 0 unspecified atom stereocenters. The molecule has 1 aromatic rings. The Kier molecular flexibility index (Phi) is 4.59. The van der Waals surface area contributed by atoms with Gasteiger partial charge in [0.2, 0.25) is 15.9 Å². The summed E-state index contributed by atoms with van der Waals surface area (Å²) in [6, 6.07) is 5.67. The van der Waals surface area contributed by atoms with Crippen LogP contribution >= 0.6 is 0 Å². The van der Waals surface area contributed by atoms with E-state index < -0.39 is 16.0 Å². The van der Waals surface area contributed by atoms with Crippen molar-refractivity contribution in [1.82, 2.24) is 9.62 Å². The third-order valence-electron chi connectivity index (χ3n) is 3.16. The lowest BCUT2D eigenvalue weighted by atomic mass is 10.2. The molecular weight excluding hydrogens is 296 g/mol. The number of rotatable bonds is 3. The number of ether oxygens (including phenoxy) is 1. The van der Waals surface area contributed by atoms with Crippen molar-refractivity contribution in [1.29, 1.82) is 0 Å². The zero-order valence-electron chi connectivity index (χ0n) is 11.5. The molecule has 1 N–H and O–H groups in total. The average Bonchev–Trinajstić information content (AvgIpc) is 2.71. The third-order valence-corrected chi connectivity index (χ3v) is 5.06. The molecule has 21 heavy (non-hydrogen) atoms. The quantitative estimate of drug-likeness (QED) is 0.792. The van der Waals surface area contributed by atoms with Gasteiger partial charge >= 0.3 is 5.97 Å². The van der Waals surface area contributed by atoms with Crippen LogP contribution in [0.3, 0.4) is 0 Å². The normalized spacial score (nSPS) is 16.9. The number of nitrogens with zero attached hydrogens (tertiary/aromatic N) is 1. The van der Waals surface area contributed by atoms with E-state index in [0.29, 0.717) is 0 Å². The van der Waals surface area contributed by atoms with Crippen LogP contribution in [0, 0.1) is 0 Å². The number of hydrogen-bond donors (Lipinski definition) is 1. The molecule has 1 fully saturated rings. The second kappa shape index (κ2) is 6.23. The molecule has 1 heterocycles. The Labute approximate surface area is 122 Å². The van der Waals surface area contributed by atoms with Gasteiger partial charge in [-0.05, 0) is 18.2 Å². The molecule has 8 heteroatoms. The van der Waals surface area contributed by atoms with Crippen LogP contribution in [0.5, 0.6) is 0 Å². The lowest BCUT2D eigenvalue weighted by molar-refractivity contribution is -0.120. The molecule has 2 rings (SSSR count). The van der Waals surface area contributed by atoms with E-state index in [1.807, 2.05) is 0 Å². The molecular formula is C13H16N2O5S. The summed E-state index contributed by atoms with van der Waals surface area (Å²) in [7, 11) is -2.51. The number of methoxy groups -OCH3 is 1. The second-order valence-electron chi connectivity index (χ2n) is 4.52. The average molecular weight is 312 g/mol. The van der Waals surface area contributed by atoms with Gasteiger partial charge in [0.25, 0.3) is 0 Å². The molecule has 0 saturated carbocycles. The van der Waals surface area contributed by atoms with E-state index in [0.717, 1.165) is 0 Å². The lowest BCUT2D eigenvalue weighted by Crippen LogP contribution is -2.34. The summed E-state index contributed by atoms with van der Waals surface area (Å²) in [5.74, 6) is -0.768. The van der Waals surface area contributed by atoms with Crippen LogP contribution in [0.25, 0.3) is 0 Å². The van der Waals surface area contributed by atoms with Crippen molar-refractivity contribution >= 4 is 21.9 Å². The number of esters is 1. The number of carbonyl (C=O) groups is 2. The first-order valence-electron chi connectivity index (χ1n) is 6.40. The second-order valence-corrected chi connectivity index (χ2v) is 6.46. The largest absolute Gasteiger partial charge is 0.465 e. The van der Waals surface area contributed by atoms with Gasteiger partial charge in [-0.3, -0.25) is 4.79 Å². The van der Waals surface area contributed by atoms with Gasteiger partial charge in [0.15, 0.2) is 0 Å². The van der Waals surface area contributed by atoms with Crippen LogP contribution < -0.4 is 5.32 Å². The molecule has 114 valence electrons. The van der Waals surface area contributed by atoms with Crippen molar-refractivity contribution in [2.75, 3.05) is 26.7 Å². The van der Waals surface area contributed by atoms with Gasteiger partial charge in [0.05, 0.1) is 17.6 Å². The van der Waals surface area contributed by atoms with E-state index in [4.69, 9.17) is 0 Å². The molecule has 1 saturated heterocycles. The topological polar surface area (TPSA) is 92.8 Å². The summed E-state index contributed by atoms with van der Waals surface area (Å²) in [4.78, 5) is 22.8. The molecule has 1 aromatic carbocycles. The molecule has 0 spiro atoms. The predicted molar refractivity (Wildman–Crippen MR) is 74.2 cm³/mol. The van der Waals surface area contributed by atoms with E-state index >= 15 is 0 Å². The fourth-order valence-electron chi connectivity index (χ4n) is 2.04. The first kappa shape index (κ1) is 15.5. The number of hydrogen-bond acceptors (Lipinski definition) is 5. The maximum Gasteiger partial charge on any atom is 0.337 e. The zero-order valence-corrected chi connectivity index (χ0v) is 12.4. The van der Waals surface area contributed by atoms with Gasteiger partial charge < -0.3 is 10.1 Å². The molecule has 0 atom stereocenters. The highest BCUT2D eigenvalue weighted by Crippen LogP contribution is 2.18. The molecule has 1 aliphatic heterocycles. The SMILES string of the molecule is COC(=O)c1cccc(S(=O)(=O)N2CCNC(=O)CC2)c1. The van der Waals surface area contributed by atoms with Gasteiger partial charge in [-0.25, -0.2) is 13.2 Å². The first-order chi connectivity index (χ1) is 9.95. The van der Waals surface area contributed by atoms with Crippen molar-refractivity contribution in [2.45, 2.75) is 11.3 Å². The highest BCUT2D eigenvalue weighted by Gasteiger charge is 2.27. The van der Waals surface area contributed by atoms with Crippen molar-refractivity contribution in [2.24, 2.45) is 0 Å². The number of nitrogens with one attached hydrogen (secondary N) is 1. The van der Waals surface area contributed by atoms with Gasteiger partial charge in [-0.2, -0.15) is 4.31 Å². The first-order valence-corrected chi connectivity index (χ1v) is 7.84. The van der Waals surface area contributed by atoms with Crippen molar-refractivity contribution in [3.8, 4) is 0 Å². The number of benzene rings is 1. The molecule has 1 amide bonds. The maximum atomic E-state index is 12.5. The van der Waals surface area contributed by atoms with Gasteiger partial charge in [-0.1, -0.05) is 6.07 Å². The fraction of sp³-hybridized carbons (Fsp3) is 0.385. The predicted octanol–water partition coefficient (Wildman–Crippen LogP) is -0.0162. The Hall–Kier alpha value is -1.93. The minimum Gasteiger partial charge on any atom is -0.465 e. The van der Waals surface area contributed by atoms with Crippen LogP contribution in [0.2, 0.25) is 0 Å². The minimum atomic E-state index is -3.74. The number of amides is 1. The Morgan fingerprint density at radius 1 is 1.33 bits per heavy atom. The Bertz CT molecular complexity index is 656. The molecule has 0 radical (unpaired) electrons. The minimum absolute atomic E-state index is 0.0137. The highest BCUT2D eigenvalue weighted by atomic mass is 32.2. The smallest absolute Gasteiger partial charge is 0.337 e. The van der Waals surface area contributed by atoms with Crippen molar-refractivity contribution in [3.05, 3.63) is 29.8 Å². The van der Waals surface area contributed by atoms with E-state index in [2.05, 4.69) is 10.1 Å². The van der Waals surface area contributed by atoms with Gasteiger partial charge in [-0.15, -0.1) is 0 Å². The van der Waals surface area contributed by atoms with Crippen LogP contribution in [0.1, 0.15) is 16.8 Å². The summed E-state index contributed by atoms with van der Waals surface area (Å²) in [6.45, 7) is 0.599. The highest BCUT2D eigenvalue weighted by molar-refractivity contribution is 7.89.